The average Bonchev–Trinajstić information content (AvgIpc) is 3.71. The summed E-state index contributed by atoms with van der Waals surface area (Å²) in [5, 5.41) is 9.79. The molecule has 0 bridgehead atoms. The van der Waals surface area contributed by atoms with Gasteiger partial charge in [-0.05, 0) is 37.4 Å². The van der Waals surface area contributed by atoms with E-state index in [-0.39, 0.29) is 111 Å². The lowest BCUT2D eigenvalue weighted by Crippen LogP contribution is -2.49. The van der Waals surface area contributed by atoms with E-state index < -0.39 is 47.8 Å². The maximum atomic E-state index is 17.3. The highest BCUT2D eigenvalue weighted by molar-refractivity contribution is 7.23. The van der Waals surface area contributed by atoms with Crippen molar-refractivity contribution in [1.82, 2.24) is 19.8 Å². The van der Waals surface area contributed by atoms with Crippen molar-refractivity contribution in [2.24, 2.45) is 0 Å². The molecule has 51 heavy (non-hydrogen) atoms. The molecule has 2 aromatic carbocycles. The number of carbonyl (C=O) groups excluding carboxylic acids is 1. The van der Waals surface area contributed by atoms with E-state index in [1.807, 2.05) is 11.0 Å². The summed E-state index contributed by atoms with van der Waals surface area (Å²) in [6, 6.07) is 1.73. The van der Waals surface area contributed by atoms with Crippen LogP contribution in [0.1, 0.15) is 37.7 Å². The molecule has 0 saturated carbocycles. The number of rotatable bonds is 5. The molecule has 2 N–H and O–H groups in total. The number of nitrogen functional groups attached to an aromatic ring is 1. The molecule has 4 atom stereocenters. The van der Waals surface area contributed by atoms with Crippen LogP contribution >= 0.6 is 22.9 Å². The molecule has 0 aliphatic carbocycles. The fraction of sp³-hybridized carbons (Fsp3) is 0.471. The van der Waals surface area contributed by atoms with Crippen LogP contribution in [0.5, 0.6) is 11.8 Å². The highest BCUT2D eigenvalue weighted by atomic mass is 35.5. The van der Waals surface area contributed by atoms with Gasteiger partial charge in [-0.15, -0.1) is 11.3 Å². The van der Waals surface area contributed by atoms with Gasteiger partial charge in [-0.3, -0.25) is 9.69 Å². The summed E-state index contributed by atoms with van der Waals surface area (Å²) in [4.78, 5) is 27.5. The largest absolute Gasteiger partial charge is 0.491 e. The smallest absolute Gasteiger partial charge is 0.319 e. The Kier molecular flexibility index (Phi) is 8.30. The van der Waals surface area contributed by atoms with Gasteiger partial charge in [-0.25, -0.2) is 22.0 Å². The zero-order valence-corrected chi connectivity index (χ0v) is 28.8. The SMILES string of the molecule is CN1C(=O)C2CCOc3c(Cl)c(-c4ccc(F)c5sc(N)c(C#N)c45)c(F)c4nc(OC[C@@]56CCCN5C[C@H](F)C6)nc(c34)N2CCC1C(F)F. The van der Waals surface area contributed by atoms with E-state index in [1.165, 1.54) is 13.1 Å². The van der Waals surface area contributed by atoms with E-state index in [9.17, 15) is 23.2 Å². The predicted molar refractivity (Wildman–Crippen MR) is 181 cm³/mol. The quantitative estimate of drug-likeness (QED) is 0.235. The highest BCUT2D eigenvalue weighted by Gasteiger charge is 2.50. The first-order valence-electron chi connectivity index (χ1n) is 16.5. The van der Waals surface area contributed by atoms with Crippen LogP contribution in [-0.2, 0) is 4.79 Å². The van der Waals surface area contributed by atoms with Crippen molar-refractivity contribution in [3.63, 3.8) is 0 Å². The topological polar surface area (TPSA) is 121 Å². The third-order valence-corrected chi connectivity index (χ3v) is 12.1. The second-order valence-electron chi connectivity index (χ2n) is 13.5. The highest BCUT2D eigenvalue weighted by Crippen LogP contribution is 2.51. The molecule has 0 radical (unpaired) electrons. The fourth-order valence-corrected chi connectivity index (χ4v) is 9.57. The molecule has 6 heterocycles. The third kappa shape index (κ3) is 5.22. The van der Waals surface area contributed by atoms with E-state index in [0.717, 1.165) is 28.7 Å². The second-order valence-corrected chi connectivity index (χ2v) is 14.9. The molecule has 1 amide bonds. The number of anilines is 2. The summed E-state index contributed by atoms with van der Waals surface area (Å²) in [7, 11) is 1.33. The Labute approximate surface area is 297 Å². The molecule has 8 rings (SSSR count). The van der Waals surface area contributed by atoms with Crippen LogP contribution in [0.3, 0.4) is 0 Å². The van der Waals surface area contributed by atoms with Crippen molar-refractivity contribution in [2.45, 2.75) is 62.3 Å². The fourth-order valence-electron chi connectivity index (χ4n) is 8.29. The minimum atomic E-state index is -2.82. The predicted octanol–water partition coefficient (Wildman–Crippen LogP) is 6.31. The van der Waals surface area contributed by atoms with Crippen molar-refractivity contribution in [1.29, 1.82) is 5.26 Å². The van der Waals surface area contributed by atoms with Crippen LogP contribution in [0.2, 0.25) is 5.02 Å². The van der Waals surface area contributed by atoms with Gasteiger partial charge in [0.1, 0.15) is 47.0 Å². The number of nitrogens with two attached hydrogens (primary N) is 1. The number of hydrogen-bond donors (Lipinski definition) is 1. The minimum absolute atomic E-state index is 0.000633. The first-order chi connectivity index (χ1) is 24.4. The monoisotopic (exact) mass is 747 g/mol. The molecule has 0 spiro atoms. The zero-order valence-electron chi connectivity index (χ0n) is 27.2. The van der Waals surface area contributed by atoms with Crippen molar-refractivity contribution in [3.05, 3.63) is 34.4 Å². The first kappa shape index (κ1) is 33.9. The number of amides is 1. The van der Waals surface area contributed by atoms with Gasteiger partial charge in [0.05, 0.1) is 38.9 Å². The number of hydrogen-bond acceptors (Lipinski definition) is 10. The van der Waals surface area contributed by atoms with Crippen molar-refractivity contribution in [2.75, 3.05) is 50.5 Å². The number of nitriles is 1. The van der Waals surface area contributed by atoms with Crippen LogP contribution in [0.15, 0.2) is 12.1 Å². The summed E-state index contributed by atoms with van der Waals surface area (Å²) in [6.07, 6.45) is -2.17. The molecule has 10 nitrogen and oxygen atoms in total. The van der Waals surface area contributed by atoms with Gasteiger partial charge >= 0.3 is 6.01 Å². The van der Waals surface area contributed by atoms with E-state index >= 15 is 8.78 Å². The molecule has 4 aliphatic heterocycles. The summed E-state index contributed by atoms with van der Waals surface area (Å²) in [5.74, 6) is -2.29. The first-order valence-corrected chi connectivity index (χ1v) is 17.7. The zero-order chi connectivity index (χ0) is 35.9. The van der Waals surface area contributed by atoms with Crippen LogP contribution < -0.4 is 20.1 Å². The molecule has 2 unspecified atom stereocenters. The summed E-state index contributed by atoms with van der Waals surface area (Å²) >= 11 is 7.84. The Morgan fingerprint density at radius 2 is 2.04 bits per heavy atom. The van der Waals surface area contributed by atoms with Gasteiger partial charge in [0.15, 0.2) is 11.6 Å². The standard InChI is InChI=1S/C34H31ClF5N7O3S/c1-45-19(29(39)40)5-9-47-20(32(45)48)6-10-49-27-23-26(43-33(44-31(23)47)50-14-34-7-2-8-46(34)13-15(36)11-34)25(38)22(24(27)35)16-3-4-18(37)28-21(16)17(12-41)30(42)51-28/h3-4,15,19-20,29H,2,5-11,13-14,42H2,1H3/t15-,19?,20?,34+/m1/s1. The Balaban J connectivity index is 1.36. The molecule has 268 valence electrons. The number of halogens is 6. The third-order valence-electron chi connectivity index (χ3n) is 10.7. The van der Waals surface area contributed by atoms with Crippen molar-refractivity contribution >= 4 is 60.7 Å². The number of alkyl halides is 3. The lowest BCUT2D eigenvalue weighted by Gasteiger charge is -2.34. The molecular weight excluding hydrogens is 717 g/mol. The van der Waals surface area contributed by atoms with Gasteiger partial charge in [-0.1, -0.05) is 17.7 Å². The van der Waals surface area contributed by atoms with Gasteiger partial charge in [0, 0.05) is 43.9 Å². The molecule has 17 heteroatoms. The van der Waals surface area contributed by atoms with Crippen LogP contribution in [-0.4, -0.2) is 95.8 Å². The van der Waals surface area contributed by atoms with Crippen LogP contribution in [0, 0.1) is 23.0 Å². The molecule has 4 aliphatic rings. The van der Waals surface area contributed by atoms with Gasteiger partial charge in [0.2, 0.25) is 5.91 Å². The van der Waals surface area contributed by atoms with E-state index in [0.29, 0.717) is 13.0 Å². The molecule has 3 saturated heterocycles. The molecule has 3 fully saturated rings. The van der Waals surface area contributed by atoms with Crippen molar-refractivity contribution < 1.29 is 36.2 Å². The normalized spacial score (nSPS) is 25.1. The second kappa shape index (κ2) is 12.5. The summed E-state index contributed by atoms with van der Waals surface area (Å²) in [6.45, 7) is 0.797. The van der Waals surface area contributed by atoms with E-state index in [4.69, 9.17) is 26.8 Å². The number of nitrogens with zero attached hydrogens (tertiary/aromatic N) is 6. The lowest BCUT2D eigenvalue weighted by molar-refractivity contribution is -0.136. The van der Waals surface area contributed by atoms with E-state index in [1.54, 1.807) is 4.90 Å². The van der Waals surface area contributed by atoms with E-state index in [2.05, 4.69) is 9.97 Å². The van der Waals surface area contributed by atoms with Gasteiger partial charge < -0.3 is 25.0 Å². The number of aromatic nitrogens is 2. The number of likely N-dealkylation sites (N-methyl/N-ethyl adjacent to an activating group) is 1. The maximum Gasteiger partial charge on any atom is 0.319 e. The summed E-state index contributed by atoms with van der Waals surface area (Å²) in [5.41, 5.74) is 4.91. The van der Waals surface area contributed by atoms with Crippen molar-refractivity contribution in [3.8, 4) is 29.0 Å². The Morgan fingerprint density at radius 3 is 2.80 bits per heavy atom. The summed E-state index contributed by atoms with van der Waals surface area (Å²) < 4.78 is 87.6. The number of ether oxygens (including phenoxy) is 2. The minimum Gasteiger partial charge on any atom is -0.491 e. The molecular formula is C34H31ClF5N7O3S. The lowest BCUT2D eigenvalue weighted by atomic mass is 9.95. The average molecular weight is 748 g/mol. The Hall–Kier alpha value is -4.20. The van der Waals surface area contributed by atoms with Gasteiger partial charge in [-0.2, -0.15) is 15.2 Å². The Bertz CT molecular complexity index is 2150. The number of benzene rings is 2. The maximum absolute atomic E-state index is 17.3. The number of thiophene rings is 1. The number of fused-ring (bicyclic) bond motifs is 4. The van der Waals surface area contributed by atoms with Crippen LogP contribution in [0.4, 0.5) is 32.8 Å². The van der Waals surface area contributed by atoms with Crippen LogP contribution in [0.25, 0.3) is 32.1 Å². The van der Waals surface area contributed by atoms with Gasteiger partial charge in [0.25, 0.3) is 6.43 Å². The number of carbonyl (C=O) groups is 1. The molecule has 4 aromatic rings. The Morgan fingerprint density at radius 1 is 1.24 bits per heavy atom. The molecule has 2 aromatic heterocycles.